The van der Waals surface area contributed by atoms with Crippen LogP contribution in [0.15, 0.2) is 18.3 Å². The monoisotopic (exact) mass is 248 g/mol. The molecule has 0 amide bonds. The predicted molar refractivity (Wildman–Crippen MR) is 75.8 cm³/mol. The maximum Gasteiger partial charge on any atom is 0.128 e. The first-order valence-electron chi connectivity index (χ1n) is 6.78. The zero-order valence-electron chi connectivity index (χ0n) is 11.6. The van der Waals surface area contributed by atoms with Gasteiger partial charge in [-0.25, -0.2) is 4.98 Å². The van der Waals surface area contributed by atoms with Crippen molar-refractivity contribution in [3.63, 3.8) is 0 Å². The summed E-state index contributed by atoms with van der Waals surface area (Å²) >= 11 is 0. The van der Waals surface area contributed by atoms with E-state index in [2.05, 4.69) is 40.8 Å². The number of hydrogen-bond acceptors (Lipinski definition) is 4. The van der Waals surface area contributed by atoms with Crippen molar-refractivity contribution in [2.24, 2.45) is 5.73 Å². The van der Waals surface area contributed by atoms with Gasteiger partial charge in [0.05, 0.1) is 0 Å². The summed E-state index contributed by atoms with van der Waals surface area (Å²) in [5, 5.41) is 0. The number of anilines is 1. The van der Waals surface area contributed by atoms with Crippen LogP contribution in [0, 0.1) is 0 Å². The molecule has 100 valence electrons. The molecule has 4 nitrogen and oxygen atoms in total. The second kappa shape index (κ2) is 5.67. The molecule has 1 aliphatic rings. The molecule has 1 aliphatic heterocycles. The van der Waals surface area contributed by atoms with Crippen molar-refractivity contribution in [2.75, 3.05) is 31.1 Å². The topological polar surface area (TPSA) is 45.4 Å². The number of aromatic nitrogens is 1. The van der Waals surface area contributed by atoms with Crippen molar-refractivity contribution in [3.8, 4) is 0 Å². The summed E-state index contributed by atoms with van der Waals surface area (Å²) in [6, 6.07) is 4.87. The van der Waals surface area contributed by atoms with Gasteiger partial charge >= 0.3 is 0 Å². The fourth-order valence-corrected chi connectivity index (χ4v) is 2.32. The summed E-state index contributed by atoms with van der Waals surface area (Å²) < 4.78 is 0. The average Bonchev–Trinajstić information content (AvgIpc) is 2.39. The molecule has 1 aromatic heterocycles. The second-order valence-electron chi connectivity index (χ2n) is 5.36. The van der Waals surface area contributed by atoms with E-state index < -0.39 is 0 Å². The maximum absolute atomic E-state index is 5.83. The van der Waals surface area contributed by atoms with E-state index in [0.29, 0.717) is 6.04 Å². The third kappa shape index (κ3) is 3.00. The zero-order valence-corrected chi connectivity index (χ0v) is 11.6. The summed E-state index contributed by atoms with van der Waals surface area (Å²) in [6.07, 6.45) is 1.90. The van der Waals surface area contributed by atoms with E-state index in [9.17, 15) is 0 Å². The molecule has 0 radical (unpaired) electrons. The van der Waals surface area contributed by atoms with Gasteiger partial charge in [0.25, 0.3) is 0 Å². The lowest BCUT2D eigenvalue weighted by atomic mass is 10.1. The first-order chi connectivity index (χ1) is 8.58. The van der Waals surface area contributed by atoms with Crippen LogP contribution in [0.25, 0.3) is 0 Å². The van der Waals surface area contributed by atoms with Crippen molar-refractivity contribution in [3.05, 3.63) is 23.9 Å². The van der Waals surface area contributed by atoms with Gasteiger partial charge in [-0.2, -0.15) is 0 Å². The molecule has 1 saturated heterocycles. The molecule has 0 bridgehead atoms. The molecular formula is C14H24N4. The normalized spacial score (nSPS) is 19.3. The number of piperazine rings is 1. The van der Waals surface area contributed by atoms with Crippen LogP contribution in [0.2, 0.25) is 0 Å². The SMILES string of the molecule is CC(C)N1CCN(c2ccc([C@@H](C)N)cn2)CC1. The molecule has 0 saturated carbocycles. The van der Waals surface area contributed by atoms with Gasteiger partial charge in [0, 0.05) is 44.5 Å². The first-order valence-corrected chi connectivity index (χ1v) is 6.78. The summed E-state index contributed by atoms with van der Waals surface area (Å²) in [7, 11) is 0. The van der Waals surface area contributed by atoms with Crippen molar-refractivity contribution in [2.45, 2.75) is 32.9 Å². The Labute approximate surface area is 110 Å². The summed E-state index contributed by atoms with van der Waals surface area (Å²) in [5.41, 5.74) is 6.93. The Bertz CT molecular complexity index is 364. The van der Waals surface area contributed by atoms with Gasteiger partial charge in [-0.1, -0.05) is 6.07 Å². The molecule has 2 rings (SSSR count). The van der Waals surface area contributed by atoms with E-state index >= 15 is 0 Å². The van der Waals surface area contributed by atoms with Crippen molar-refractivity contribution in [1.82, 2.24) is 9.88 Å². The predicted octanol–water partition coefficient (Wildman–Crippen LogP) is 1.63. The van der Waals surface area contributed by atoms with Crippen LogP contribution in [-0.4, -0.2) is 42.1 Å². The fourth-order valence-electron chi connectivity index (χ4n) is 2.32. The van der Waals surface area contributed by atoms with Crippen LogP contribution < -0.4 is 10.6 Å². The Hall–Kier alpha value is -1.13. The maximum atomic E-state index is 5.83. The molecule has 2 heterocycles. The minimum atomic E-state index is 0.0596. The highest BCUT2D eigenvalue weighted by Gasteiger charge is 2.19. The van der Waals surface area contributed by atoms with Crippen LogP contribution >= 0.6 is 0 Å². The quantitative estimate of drug-likeness (QED) is 0.883. The molecule has 1 aromatic rings. The number of rotatable bonds is 3. The van der Waals surface area contributed by atoms with Gasteiger partial charge in [-0.05, 0) is 32.4 Å². The number of nitrogens with two attached hydrogens (primary N) is 1. The lowest BCUT2D eigenvalue weighted by Gasteiger charge is -2.37. The van der Waals surface area contributed by atoms with Crippen LogP contribution in [0.3, 0.4) is 0 Å². The highest BCUT2D eigenvalue weighted by molar-refractivity contribution is 5.40. The molecule has 1 atom stereocenters. The fraction of sp³-hybridized carbons (Fsp3) is 0.643. The number of nitrogens with zero attached hydrogens (tertiary/aromatic N) is 3. The third-order valence-corrected chi connectivity index (χ3v) is 3.67. The average molecular weight is 248 g/mol. The highest BCUT2D eigenvalue weighted by atomic mass is 15.3. The van der Waals surface area contributed by atoms with E-state index in [1.54, 1.807) is 0 Å². The van der Waals surface area contributed by atoms with Crippen molar-refractivity contribution in [1.29, 1.82) is 0 Å². The van der Waals surface area contributed by atoms with Crippen LogP contribution in [-0.2, 0) is 0 Å². The Balaban J connectivity index is 1.97. The highest BCUT2D eigenvalue weighted by Crippen LogP contribution is 2.17. The van der Waals surface area contributed by atoms with E-state index in [1.807, 2.05) is 13.1 Å². The molecule has 2 N–H and O–H groups in total. The number of hydrogen-bond donors (Lipinski definition) is 1. The molecule has 1 fully saturated rings. The van der Waals surface area contributed by atoms with Gasteiger partial charge in [0.1, 0.15) is 5.82 Å². The minimum absolute atomic E-state index is 0.0596. The van der Waals surface area contributed by atoms with Gasteiger partial charge in [-0.3, -0.25) is 4.90 Å². The Kier molecular flexibility index (Phi) is 4.19. The van der Waals surface area contributed by atoms with Gasteiger partial charge in [-0.15, -0.1) is 0 Å². The first kappa shape index (κ1) is 13.3. The van der Waals surface area contributed by atoms with Crippen molar-refractivity contribution >= 4 is 5.82 Å². The Morgan fingerprint density at radius 2 is 1.78 bits per heavy atom. The molecule has 0 aliphatic carbocycles. The zero-order chi connectivity index (χ0) is 13.1. The second-order valence-corrected chi connectivity index (χ2v) is 5.36. The van der Waals surface area contributed by atoms with E-state index in [4.69, 9.17) is 5.73 Å². The Morgan fingerprint density at radius 1 is 1.11 bits per heavy atom. The van der Waals surface area contributed by atoms with E-state index in [-0.39, 0.29) is 6.04 Å². The summed E-state index contributed by atoms with van der Waals surface area (Å²) in [6.45, 7) is 10.9. The smallest absolute Gasteiger partial charge is 0.128 e. The molecule has 4 heteroatoms. The minimum Gasteiger partial charge on any atom is -0.354 e. The molecule has 0 spiro atoms. The molecule has 0 unspecified atom stereocenters. The lowest BCUT2D eigenvalue weighted by Crippen LogP contribution is -2.49. The van der Waals surface area contributed by atoms with Crippen LogP contribution in [0.1, 0.15) is 32.4 Å². The molecular weight excluding hydrogens is 224 g/mol. The molecule has 0 aromatic carbocycles. The standard InChI is InChI=1S/C14H24N4/c1-11(2)17-6-8-18(9-7-17)14-5-4-13(10-16-14)12(3)15/h4-5,10-12H,6-9,15H2,1-3H3/t12-/m1/s1. The lowest BCUT2D eigenvalue weighted by molar-refractivity contribution is 0.209. The third-order valence-electron chi connectivity index (χ3n) is 3.67. The summed E-state index contributed by atoms with van der Waals surface area (Å²) in [4.78, 5) is 9.38. The van der Waals surface area contributed by atoms with Crippen LogP contribution in [0.5, 0.6) is 0 Å². The van der Waals surface area contributed by atoms with E-state index in [0.717, 1.165) is 37.6 Å². The number of pyridine rings is 1. The Morgan fingerprint density at radius 3 is 2.22 bits per heavy atom. The van der Waals surface area contributed by atoms with E-state index in [1.165, 1.54) is 0 Å². The largest absolute Gasteiger partial charge is 0.354 e. The van der Waals surface area contributed by atoms with Gasteiger partial charge < -0.3 is 10.6 Å². The van der Waals surface area contributed by atoms with Gasteiger partial charge in [0.2, 0.25) is 0 Å². The van der Waals surface area contributed by atoms with Gasteiger partial charge in [0.15, 0.2) is 0 Å². The van der Waals surface area contributed by atoms with Crippen LogP contribution in [0.4, 0.5) is 5.82 Å². The molecule has 18 heavy (non-hydrogen) atoms. The summed E-state index contributed by atoms with van der Waals surface area (Å²) in [5.74, 6) is 1.07. The van der Waals surface area contributed by atoms with Crippen molar-refractivity contribution < 1.29 is 0 Å².